The first kappa shape index (κ1) is 21.4. The Bertz CT molecular complexity index is 1260. The highest BCUT2D eigenvalue weighted by Crippen LogP contribution is 2.57. The zero-order valence-corrected chi connectivity index (χ0v) is 18.7. The highest BCUT2D eigenvalue weighted by atomic mass is 32.1. The Hall–Kier alpha value is -3.47. The van der Waals surface area contributed by atoms with Crippen molar-refractivity contribution in [3.63, 3.8) is 0 Å². The van der Waals surface area contributed by atoms with Gasteiger partial charge < -0.3 is 25.4 Å². The minimum atomic E-state index is -1.37. The van der Waals surface area contributed by atoms with Crippen LogP contribution in [0.3, 0.4) is 0 Å². The number of anilines is 1. The zero-order chi connectivity index (χ0) is 23.3. The van der Waals surface area contributed by atoms with Crippen LogP contribution in [-0.4, -0.2) is 33.6 Å². The third kappa shape index (κ3) is 3.17. The van der Waals surface area contributed by atoms with Crippen molar-refractivity contribution in [3.05, 3.63) is 76.9 Å². The molecule has 5 rings (SSSR count). The number of aromatic hydroxyl groups is 2. The predicted octanol–water partition coefficient (Wildman–Crippen LogP) is 3.42. The van der Waals surface area contributed by atoms with Crippen molar-refractivity contribution in [2.75, 3.05) is 17.3 Å². The van der Waals surface area contributed by atoms with Gasteiger partial charge in [0.1, 0.15) is 23.0 Å². The summed E-state index contributed by atoms with van der Waals surface area (Å²) in [5.74, 6) is 0.399. The van der Waals surface area contributed by atoms with Crippen LogP contribution in [0.5, 0.6) is 23.0 Å². The van der Waals surface area contributed by atoms with Crippen molar-refractivity contribution in [1.82, 2.24) is 5.43 Å². The molecule has 3 aromatic rings. The molecule has 0 saturated heterocycles. The molecule has 2 heterocycles. The lowest BCUT2D eigenvalue weighted by molar-refractivity contribution is 0.0224. The van der Waals surface area contributed by atoms with E-state index in [2.05, 4.69) is 5.43 Å². The van der Waals surface area contributed by atoms with Crippen LogP contribution in [0.2, 0.25) is 0 Å². The van der Waals surface area contributed by atoms with Gasteiger partial charge in [0.25, 0.3) is 0 Å². The zero-order valence-electron chi connectivity index (χ0n) is 17.1. The third-order valence-electron chi connectivity index (χ3n) is 5.61. The largest absolute Gasteiger partial charge is 0.508 e. The number of nitrogens with two attached hydrogens (primary N) is 1. The Kier molecular flexibility index (Phi) is 5.08. The maximum atomic E-state index is 13.4. The van der Waals surface area contributed by atoms with Gasteiger partial charge in [-0.25, -0.2) is 10.2 Å². The molecule has 0 amide bonds. The van der Waals surface area contributed by atoms with Crippen LogP contribution in [0.4, 0.5) is 5.69 Å². The predicted molar refractivity (Wildman–Crippen MR) is 128 cm³/mol. The first-order valence-electron chi connectivity index (χ1n) is 9.99. The van der Waals surface area contributed by atoms with Crippen LogP contribution in [0.15, 0.2) is 54.6 Å². The van der Waals surface area contributed by atoms with E-state index in [1.807, 2.05) is 0 Å². The van der Waals surface area contributed by atoms with Gasteiger partial charge in [-0.15, -0.1) is 0 Å². The van der Waals surface area contributed by atoms with Gasteiger partial charge >= 0.3 is 5.97 Å². The van der Waals surface area contributed by atoms with Gasteiger partial charge in [-0.3, -0.25) is 5.01 Å². The minimum Gasteiger partial charge on any atom is -0.508 e. The van der Waals surface area contributed by atoms with E-state index in [0.29, 0.717) is 46.2 Å². The van der Waals surface area contributed by atoms with Crippen LogP contribution >= 0.6 is 24.8 Å². The number of carbonyl (C=O) groups is 1. The van der Waals surface area contributed by atoms with Gasteiger partial charge in [0.15, 0.2) is 10.7 Å². The lowest BCUT2D eigenvalue weighted by atomic mass is 9.77. The molecule has 0 bridgehead atoms. The molecule has 0 fully saturated rings. The molecule has 1 radical (unpaired) electrons. The number of hydrogen-bond donors (Lipinski definition) is 4. The van der Waals surface area contributed by atoms with E-state index < -0.39 is 11.6 Å². The average molecular weight is 481 g/mol. The SMILES string of the molecule is NC(=S)N(NCC[S])c1cccc2c1C(=O)OC21c2ccc(O)cc2Oc2cc(O)ccc21. The van der Waals surface area contributed by atoms with Crippen LogP contribution in [0.1, 0.15) is 27.0 Å². The number of benzene rings is 3. The van der Waals surface area contributed by atoms with Crippen molar-refractivity contribution >= 4 is 41.6 Å². The summed E-state index contributed by atoms with van der Waals surface area (Å²) in [7, 11) is 0. The van der Waals surface area contributed by atoms with Crippen molar-refractivity contribution in [2.45, 2.75) is 5.60 Å². The van der Waals surface area contributed by atoms with E-state index in [0.717, 1.165) is 0 Å². The van der Waals surface area contributed by atoms with Gasteiger partial charge in [0.05, 0.1) is 11.3 Å². The van der Waals surface area contributed by atoms with Crippen LogP contribution in [-0.2, 0) is 10.3 Å². The summed E-state index contributed by atoms with van der Waals surface area (Å²) >= 11 is 10.2. The van der Waals surface area contributed by atoms with E-state index in [1.54, 1.807) is 30.3 Å². The van der Waals surface area contributed by atoms with E-state index in [-0.39, 0.29) is 22.2 Å². The highest BCUT2D eigenvalue weighted by Gasteiger charge is 2.54. The van der Waals surface area contributed by atoms with Gasteiger partial charge in [-0.2, -0.15) is 0 Å². The molecule has 167 valence electrons. The standard InChI is InChI=1S/C23H18N3O5S2/c24-22(33)26(25-8-9-32)17-3-1-2-16-20(17)21(29)31-23(16)14-6-4-12(27)10-18(14)30-19-11-13(28)5-7-15(19)23/h1-7,10-11,25,27-28H,8-9H2,(H2,24,33). The van der Waals surface area contributed by atoms with Crippen LogP contribution < -0.4 is 20.9 Å². The quantitative estimate of drug-likeness (QED) is 0.253. The number of hydrazine groups is 1. The monoisotopic (exact) mass is 480 g/mol. The number of phenolic OH excluding ortho intramolecular Hbond substituents is 2. The Morgan fingerprint density at radius 2 is 1.67 bits per heavy atom. The topological polar surface area (TPSA) is 117 Å². The molecule has 0 aromatic heterocycles. The smallest absolute Gasteiger partial charge is 0.342 e. The number of fused-ring (bicyclic) bond motifs is 6. The average Bonchev–Trinajstić information content (AvgIpc) is 3.07. The fraction of sp³-hybridized carbons (Fsp3) is 0.130. The first-order valence-corrected chi connectivity index (χ1v) is 11.0. The van der Waals surface area contributed by atoms with Crippen molar-refractivity contribution in [1.29, 1.82) is 0 Å². The maximum absolute atomic E-state index is 13.4. The Morgan fingerprint density at radius 1 is 1.03 bits per heavy atom. The molecule has 0 atom stereocenters. The van der Waals surface area contributed by atoms with E-state index in [9.17, 15) is 15.0 Å². The summed E-state index contributed by atoms with van der Waals surface area (Å²) in [6.45, 7) is 0.411. The Morgan fingerprint density at radius 3 is 2.24 bits per heavy atom. The number of thiocarbonyl (C=S) groups is 1. The number of nitrogens with zero attached hydrogens (tertiary/aromatic N) is 1. The highest BCUT2D eigenvalue weighted by molar-refractivity contribution is 7.80. The van der Waals surface area contributed by atoms with Crippen molar-refractivity contribution < 1.29 is 24.5 Å². The van der Waals surface area contributed by atoms with Gasteiger partial charge in [0.2, 0.25) is 0 Å². The molecule has 10 heteroatoms. The molecule has 8 nitrogen and oxygen atoms in total. The van der Waals surface area contributed by atoms with Crippen LogP contribution in [0, 0.1) is 0 Å². The molecule has 3 aromatic carbocycles. The lowest BCUT2D eigenvalue weighted by Crippen LogP contribution is -2.47. The molecule has 0 unspecified atom stereocenters. The van der Waals surface area contributed by atoms with E-state index >= 15 is 0 Å². The maximum Gasteiger partial charge on any atom is 0.342 e. The fourth-order valence-electron chi connectivity index (χ4n) is 4.35. The molecule has 2 aliphatic heterocycles. The normalized spacial score (nSPS) is 14.6. The molecular weight excluding hydrogens is 462 g/mol. The summed E-state index contributed by atoms with van der Waals surface area (Å²) in [6.07, 6.45) is 0. The number of esters is 1. The third-order valence-corrected chi connectivity index (χ3v) is 6.00. The van der Waals surface area contributed by atoms with Gasteiger partial charge in [0, 0.05) is 41.1 Å². The first-order chi connectivity index (χ1) is 15.9. The molecular formula is C23H18N3O5S2. The number of hydrogen-bond acceptors (Lipinski definition) is 7. The summed E-state index contributed by atoms with van der Waals surface area (Å²) in [5.41, 5.74) is 9.93. The number of phenols is 2. The second kappa shape index (κ2) is 7.84. The van der Waals surface area contributed by atoms with Gasteiger partial charge in [-0.1, -0.05) is 24.8 Å². The second-order valence-electron chi connectivity index (χ2n) is 7.52. The van der Waals surface area contributed by atoms with Crippen molar-refractivity contribution in [3.8, 4) is 23.0 Å². The van der Waals surface area contributed by atoms with Crippen LogP contribution in [0.25, 0.3) is 0 Å². The molecule has 0 aliphatic carbocycles. The van der Waals surface area contributed by atoms with Crippen molar-refractivity contribution in [2.24, 2.45) is 5.73 Å². The molecule has 33 heavy (non-hydrogen) atoms. The molecule has 0 saturated carbocycles. The Balaban J connectivity index is 1.80. The number of ether oxygens (including phenoxy) is 2. The molecule has 1 spiro atoms. The number of rotatable bonds is 4. The Labute approximate surface area is 199 Å². The van der Waals surface area contributed by atoms with Gasteiger partial charge in [-0.05, 0) is 42.5 Å². The number of carbonyl (C=O) groups excluding carboxylic acids is 1. The summed E-state index contributed by atoms with van der Waals surface area (Å²) in [4.78, 5) is 13.4. The minimum absolute atomic E-state index is 0.0152. The summed E-state index contributed by atoms with van der Waals surface area (Å²) < 4.78 is 12.1. The van der Waals surface area contributed by atoms with E-state index in [1.165, 1.54) is 29.3 Å². The second-order valence-corrected chi connectivity index (χ2v) is 8.35. The fourth-order valence-corrected chi connectivity index (χ4v) is 4.61. The molecule has 2 aliphatic rings. The number of nitrogens with one attached hydrogen (secondary N) is 1. The summed E-state index contributed by atoms with van der Waals surface area (Å²) in [5, 5.41) is 21.5. The summed E-state index contributed by atoms with van der Waals surface area (Å²) in [6, 6.07) is 14.4. The lowest BCUT2D eigenvalue weighted by Gasteiger charge is -2.36. The van der Waals surface area contributed by atoms with E-state index in [4.69, 9.17) is 40.1 Å². The molecule has 5 N–H and O–H groups in total.